The molecular formula is C17H14ClF2N5O3. The molecule has 0 aliphatic carbocycles. The Bertz CT molecular complexity index is 1050. The van der Waals surface area contributed by atoms with E-state index in [1.807, 2.05) is 0 Å². The largest absolute Gasteiger partial charge is 0.395 e. The highest BCUT2D eigenvalue weighted by Crippen LogP contribution is 2.20. The fourth-order valence-electron chi connectivity index (χ4n) is 2.40. The molecule has 0 radical (unpaired) electrons. The van der Waals surface area contributed by atoms with E-state index in [2.05, 4.69) is 15.5 Å². The Morgan fingerprint density at radius 1 is 1.29 bits per heavy atom. The summed E-state index contributed by atoms with van der Waals surface area (Å²) in [6, 6.07) is 7.77. The second-order valence-electron chi connectivity index (χ2n) is 5.60. The first-order valence-electron chi connectivity index (χ1n) is 8.02. The van der Waals surface area contributed by atoms with Gasteiger partial charge in [-0.15, -0.1) is 0 Å². The number of halogens is 3. The molecule has 0 aliphatic heterocycles. The van der Waals surface area contributed by atoms with Crippen LogP contribution in [0.5, 0.6) is 0 Å². The van der Waals surface area contributed by atoms with Gasteiger partial charge in [0.1, 0.15) is 11.3 Å². The summed E-state index contributed by atoms with van der Waals surface area (Å²) in [5, 5.41) is 19.4. The van der Waals surface area contributed by atoms with Gasteiger partial charge < -0.3 is 10.4 Å². The van der Waals surface area contributed by atoms with Crippen LogP contribution in [-0.4, -0.2) is 43.7 Å². The molecule has 146 valence electrons. The number of amides is 1. The Hall–Kier alpha value is -3.11. The van der Waals surface area contributed by atoms with Gasteiger partial charge in [0.15, 0.2) is 0 Å². The van der Waals surface area contributed by atoms with E-state index in [4.69, 9.17) is 16.7 Å². The quantitative estimate of drug-likeness (QED) is 0.647. The van der Waals surface area contributed by atoms with Crippen LogP contribution < -0.4 is 10.9 Å². The first kappa shape index (κ1) is 19.6. The van der Waals surface area contributed by atoms with Gasteiger partial charge >= 0.3 is 6.55 Å². The van der Waals surface area contributed by atoms with Crippen LogP contribution in [-0.2, 0) is 0 Å². The standard InChI is InChI=1S/C17H14ClF2N5O3/c18-11-3-1-10(2-4-11)14-7-13(15(27)21-5-6-26)16(28)25(23-14)12-8-22-24(9-12)17(19)20/h1-4,7-9,17,26H,5-6H2,(H,21,27). The van der Waals surface area contributed by atoms with Gasteiger partial charge in [-0.3, -0.25) is 9.59 Å². The van der Waals surface area contributed by atoms with E-state index in [1.165, 1.54) is 6.07 Å². The number of carbonyl (C=O) groups is 1. The van der Waals surface area contributed by atoms with Crippen molar-refractivity contribution >= 4 is 17.5 Å². The highest BCUT2D eigenvalue weighted by Gasteiger charge is 2.19. The Morgan fingerprint density at radius 2 is 2.00 bits per heavy atom. The van der Waals surface area contributed by atoms with E-state index in [0.29, 0.717) is 15.3 Å². The zero-order chi connectivity index (χ0) is 20.3. The first-order chi connectivity index (χ1) is 13.4. The zero-order valence-electron chi connectivity index (χ0n) is 14.2. The highest BCUT2D eigenvalue weighted by atomic mass is 35.5. The van der Waals surface area contributed by atoms with Crippen molar-refractivity contribution in [2.75, 3.05) is 13.2 Å². The predicted molar refractivity (Wildman–Crippen MR) is 96.7 cm³/mol. The highest BCUT2D eigenvalue weighted by molar-refractivity contribution is 6.30. The van der Waals surface area contributed by atoms with E-state index >= 15 is 0 Å². The number of aliphatic hydroxyl groups excluding tert-OH is 1. The molecule has 28 heavy (non-hydrogen) atoms. The Balaban J connectivity index is 2.16. The third-order valence-electron chi connectivity index (χ3n) is 3.73. The molecule has 0 saturated heterocycles. The number of nitrogens with zero attached hydrogens (tertiary/aromatic N) is 4. The van der Waals surface area contributed by atoms with Gasteiger partial charge in [0.05, 0.1) is 24.7 Å². The molecule has 3 aromatic rings. The van der Waals surface area contributed by atoms with Crippen molar-refractivity contribution < 1.29 is 18.7 Å². The summed E-state index contributed by atoms with van der Waals surface area (Å²) in [4.78, 5) is 25.1. The maximum Gasteiger partial charge on any atom is 0.333 e. The molecule has 0 atom stereocenters. The van der Waals surface area contributed by atoms with Crippen molar-refractivity contribution in [1.82, 2.24) is 24.9 Å². The monoisotopic (exact) mass is 409 g/mol. The number of nitrogens with one attached hydrogen (secondary N) is 1. The van der Waals surface area contributed by atoms with E-state index in [-0.39, 0.29) is 30.1 Å². The molecule has 2 heterocycles. The van der Waals surface area contributed by atoms with Gasteiger partial charge in [-0.25, -0.2) is 4.68 Å². The van der Waals surface area contributed by atoms with Gasteiger partial charge in [-0.1, -0.05) is 23.7 Å². The van der Waals surface area contributed by atoms with Crippen molar-refractivity contribution in [2.45, 2.75) is 6.55 Å². The summed E-state index contributed by atoms with van der Waals surface area (Å²) in [7, 11) is 0. The van der Waals surface area contributed by atoms with Gasteiger partial charge in [0.25, 0.3) is 11.5 Å². The number of aliphatic hydroxyl groups is 1. The van der Waals surface area contributed by atoms with Gasteiger partial charge in [0.2, 0.25) is 0 Å². The molecule has 0 saturated carbocycles. The van der Waals surface area contributed by atoms with Crippen LogP contribution in [0.25, 0.3) is 16.9 Å². The lowest BCUT2D eigenvalue weighted by Crippen LogP contribution is -2.35. The second kappa shape index (κ2) is 8.28. The SMILES string of the molecule is O=C(NCCO)c1cc(-c2ccc(Cl)cc2)nn(-c2cnn(C(F)F)c2)c1=O. The molecule has 0 bridgehead atoms. The minimum Gasteiger partial charge on any atom is -0.395 e. The van der Waals surface area contributed by atoms with Crippen LogP contribution in [0.1, 0.15) is 16.9 Å². The van der Waals surface area contributed by atoms with Crippen molar-refractivity contribution in [3.8, 4) is 16.9 Å². The number of aromatic nitrogens is 4. The van der Waals surface area contributed by atoms with E-state index < -0.39 is 18.0 Å². The average molecular weight is 410 g/mol. The second-order valence-corrected chi connectivity index (χ2v) is 6.04. The molecule has 0 fully saturated rings. The van der Waals surface area contributed by atoms with Crippen LogP contribution >= 0.6 is 11.6 Å². The number of hydrogen-bond acceptors (Lipinski definition) is 5. The topological polar surface area (TPSA) is 102 Å². The summed E-state index contributed by atoms with van der Waals surface area (Å²) < 4.78 is 26.8. The molecule has 3 rings (SSSR count). The molecule has 2 aromatic heterocycles. The molecule has 1 aromatic carbocycles. The van der Waals surface area contributed by atoms with Gasteiger partial charge in [-0.2, -0.15) is 23.7 Å². The van der Waals surface area contributed by atoms with E-state index in [0.717, 1.165) is 17.1 Å². The molecule has 0 spiro atoms. The van der Waals surface area contributed by atoms with E-state index in [1.54, 1.807) is 24.3 Å². The fourth-order valence-corrected chi connectivity index (χ4v) is 2.53. The molecule has 0 unspecified atom stereocenters. The van der Waals surface area contributed by atoms with Crippen LogP contribution in [0.2, 0.25) is 5.02 Å². The number of carbonyl (C=O) groups excluding carboxylic acids is 1. The third-order valence-corrected chi connectivity index (χ3v) is 3.98. The van der Waals surface area contributed by atoms with Crippen molar-refractivity contribution in [1.29, 1.82) is 0 Å². The molecule has 8 nitrogen and oxygen atoms in total. The molecule has 11 heteroatoms. The number of hydrogen-bond donors (Lipinski definition) is 2. The van der Waals surface area contributed by atoms with Crippen LogP contribution in [0, 0.1) is 0 Å². The maximum atomic E-state index is 12.8. The summed E-state index contributed by atoms with van der Waals surface area (Å²) >= 11 is 5.88. The number of benzene rings is 1. The summed E-state index contributed by atoms with van der Waals surface area (Å²) in [5.74, 6) is -0.730. The molecule has 2 N–H and O–H groups in total. The molecule has 1 amide bonds. The fraction of sp³-hybridized carbons (Fsp3) is 0.176. The van der Waals surface area contributed by atoms with Crippen LogP contribution in [0.15, 0.2) is 47.5 Å². The Morgan fingerprint density at radius 3 is 2.61 bits per heavy atom. The molecule has 0 aliphatic rings. The summed E-state index contributed by atoms with van der Waals surface area (Å²) in [5.41, 5.74) is -0.316. The van der Waals surface area contributed by atoms with E-state index in [9.17, 15) is 18.4 Å². The zero-order valence-corrected chi connectivity index (χ0v) is 15.0. The minimum absolute atomic E-state index is 0.0303. The van der Waals surface area contributed by atoms with Crippen molar-refractivity contribution in [3.05, 3.63) is 63.7 Å². The lowest BCUT2D eigenvalue weighted by molar-refractivity contribution is 0.0566. The maximum absolute atomic E-state index is 12.8. The minimum atomic E-state index is -2.89. The summed E-state index contributed by atoms with van der Waals surface area (Å²) in [6.07, 6.45) is 1.99. The molecular weight excluding hydrogens is 396 g/mol. The Kier molecular flexibility index (Phi) is 5.81. The van der Waals surface area contributed by atoms with Crippen molar-refractivity contribution in [3.63, 3.8) is 0 Å². The third kappa shape index (κ3) is 4.07. The predicted octanol–water partition coefficient (Wildman–Crippen LogP) is 1.87. The van der Waals surface area contributed by atoms with Gasteiger partial charge in [-0.05, 0) is 18.2 Å². The smallest absolute Gasteiger partial charge is 0.333 e. The number of alkyl halides is 2. The Labute approximate surface area is 162 Å². The summed E-state index contributed by atoms with van der Waals surface area (Å²) in [6.45, 7) is -3.26. The lowest BCUT2D eigenvalue weighted by atomic mass is 10.1. The van der Waals surface area contributed by atoms with Crippen LogP contribution in [0.3, 0.4) is 0 Å². The lowest BCUT2D eigenvalue weighted by Gasteiger charge is -2.10. The average Bonchev–Trinajstić information content (AvgIpc) is 3.17. The normalized spacial score (nSPS) is 11.0. The number of rotatable bonds is 6. The first-order valence-corrected chi connectivity index (χ1v) is 8.40. The van der Waals surface area contributed by atoms with Crippen molar-refractivity contribution in [2.24, 2.45) is 0 Å². The van der Waals surface area contributed by atoms with Crippen LogP contribution in [0.4, 0.5) is 8.78 Å². The van der Waals surface area contributed by atoms with Gasteiger partial charge in [0, 0.05) is 17.1 Å².